The molecular formula is C42H89N3O7. The Labute approximate surface area is 322 Å². The summed E-state index contributed by atoms with van der Waals surface area (Å²) in [7, 11) is 0. The van der Waals surface area contributed by atoms with Gasteiger partial charge in [0, 0.05) is 0 Å². The maximum Gasteiger partial charge on any atom is 0.336 e. The van der Waals surface area contributed by atoms with E-state index < -0.39 is 36.4 Å². The number of unbranched alkanes of at least 4 members (excludes halogenated alkanes) is 9. The van der Waals surface area contributed by atoms with Crippen LogP contribution in [0.1, 0.15) is 191 Å². The van der Waals surface area contributed by atoms with Crippen LogP contribution in [0.3, 0.4) is 0 Å². The van der Waals surface area contributed by atoms with Gasteiger partial charge in [0.25, 0.3) is 0 Å². The number of carboxylic acids is 3. The molecule has 0 amide bonds. The van der Waals surface area contributed by atoms with Gasteiger partial charge in [0.05, 0.1) is 12.8 Å². The van der Waals surface area contributed by atoms with Crippen molar-refractivity contribution in [2.45, 2.75) is 196 Å². The molecule has 0 fully saturated rings. The van der Waals surface area contributed by atoms with Crippen LogP contribution >= 0.6 is 0 Å². The average molecular weight is 748 g/mol. The van der Waals surface area contributed by atoms with Crippen LogP contribution in [0.4, 0.5) is 0 Å². The summed E-state index contributed by atoms with van der Waals surface area (Å²) in [4.78, 5) is 38.4. The second-order valence-electron chi connectivity index (χ2n) is 14.2. The van der Waals surface area contributed by atoms with Crippen molar-refractivity contribution < 1.29 is 34.8 Å². The van der Waals surface area contributed by atoms with Gasteiger partial charge in [0.1, 0.15) is 0 Å². The summed E-state index contributed by atoms with van der Waals surface area (Å²) >= 11 is 0. The minimum absolute atomic E-state index is 1.14. The van der Waals surface area contributed by atoms with Crippen molar-refractivity contribution in [3.05, 3.63) is 0 Å². The molecule has 10 nitrogen and oxygen atoms in total. The van der Waals surface area contributed by atoms with Crippen LogP contribution in [-0.4, -0.2) is 118 Å². The van der Waals surface area contributed by atoms with Crippen LogP contribution < -0.4 is 0 Å². The SMILES string of the molecule is CCCCN(CCCC)CCCC.CCCCN(CCCC)CCCC.CCCCN(CCCC)CCCC.O=C(O)CC(O)(CC(=O)O)C(=O)O. The summed E-state index contributed by atoms with van der Waals surface area (Å²) in [6.45, 7) is 32.3. The van der Waals surface area contributed by atoms with Crippen LogP contribution in [0.2, 0.25) is 0 Å². The number of aliphatic carboxylic acids is 3. The van der Waals surface area contributed by atoms with Crippen LogP contribution in [0, 0.1) is 0 Å². The van der Waals surface area contributed by atoms with Crippen molar-refractivity contribution in [1.29, 1.82) is 0 Å². The number of aliphatic hydroxyl groups is 1. The Morgan fingerprint density at radius 3 is 0.615 bits per heavy atom. The van der Waals surface area contributed by atoms with Gasteiger partial charge in [-0.25, -0.2) is 4.79 Å². The van der Waals surface area contributed by atoms with E-state index in [4.69, 9.17) is 20.4 Å². The Balaban J connectivity index is -0.000000295. The third kappa shape index (κ3) is 42.7. The van der Waals surface area contributed by atoms with Gasteiger partial charge in [0.2, 0.25) is 0 Å². The third-order valence-corrected chi connectivity index (χ3v) is 8.74. The predicted octanol–water partition coefficient (Wildman–Crippen LogP) is 9.82. The molecule has 0 aliphatic rings. The third-order valence-electron chi connectivity index (χ3n) is 8.74. The van der Waals surface area contributed by atoms with E-state index >= 15 is 0 Å². The smallest absolute Gasteiger partial charge is 0.336 e. The maximum absolute atomic E-state index is 10.3. The van der Waals surface area contributed by atoms with Crippen LogP contribution in [0.25, 0.3) is 0 Å². The lowest BCUT2D eigenvalue weighted by molar-refractivity contribution is -0.170. The summed E-state index contributed by atoms with van der Waals surface area (Å²) in [6.07, 6.45) is 22.0. The van der Waals surface area contributed by atoms with Gasteiger partial charge in [0.15, 0.2) is 5.60 Å². The summed E-state index contributed by atoms with van der Waals surface area (Å²) in [5, 5.41) is 33.8. The monoisotopic (exact) mass is 748 g/mol. The minimum atomic E-state index is -2.74. The second kappa shape index (κ2) is 43.7. The van der Waals surface area contributed by atoms with Gasteiger partial charge in [-0.05, 0) is 117 Å². The highest BCUT2D eigenvalue weighted by Gasteiger charge is 2.40. The first kappa shape index (κ1) is 57.0. The fraction of sp³-hybridized carbons (Fsp3) is 0.929. The molecule has 0 atom stereocenters. The summed E-state index contributed by atoms with van der Waals surface area (Å²) < 4.78 is 0. The van der Waals surface area contributed by atoms with Gasteiger partial charge in [-0.1, -0.05) is 120 Å². The molecule has 0 aliphatic carbocycles. The van der Waals surface area contributed by atoms with Crippen LogP contribution in [0.15, 0.2) is 0 Å². The van der Waals surface area contributed by atoms with Crippen LogP contribution in [0.5, 0.6) is 0 Å². The van der Waals surface area contributed by atoms with Crippen molar-refractivity contribution in [2.24, 2.45) is 0 Å². The van der Waals surface area contributed by atoms with Gasteiger partial charge < -0.3 is 35.1 Å². The molecule has 314 valence electrons. The molecule has 0 aromatic heterocycles. The normalized spacial score (nSPS) is 11.0. The number of rotatable bonds is 32. The minimum Gasteiger partial charge on any atom is -0.481 e. The molecule has 0 saturated heterocycles. The fourth-order valence-corrected chi connectivity index (χ4v) is 5.16. The molecule has 0 aliphatic heterocycles. The maximum atomic E-state index is 10.3. The van der Waals surface area contributed by atoms with Crippen molar-refractivity contribution in [3.63, 3.8) is 0 Å². The zero-order valence-electron chi connectivity index (χ0n) is 35.9. The standard InChI is InChI=1S/3C12H27N.C6H8O7/c3*1-4-7-10-13(11-8-5-2)12-9-6-3;7-3(8)1-6(13,5(11)12)2-4(9)10/h3*4-12H2,1-3H3;13H,1-2H2,(H,7,8)(H,9,10)(H,11,12). The molecule has 0 unspecified atom stereocenters. The number of carboxylic acid groups (broad SMARTS) is 3. The molecule has 0 bridgehead atoms. The summed E-state index contributed by atoms with van der Waals surface area (Å²) in [6, 6.07) is 0. The van der Waals surface area contributed by atoms with Crippen molar-refractivity contribution in [3.8, 4) is 0 Å². The number of nitrogens with zero attached hydrogens (tertiary/aromatic N) is 3. The van der Waals surface area contributed by atoms with E-state index in [1.165, 1.54) is 174 Å². The molecule has 0 spiro atoms. The molecule has 4 N–H and O–H groups in total. The number of hydrogen-bond donors (Lipinski definition) is 4. The van der Waals surface area contributed by atoms with E-state index in [1.54, 1.807) is 0 Å². The first-order valence-electron chi connectivity index (χ1n) is 21.4. The van der Waals surface area contributed by atoms with E-state index in [-0.39, 0.29) is 0 Å². The highest BCUT2D eigenvalue weighted by atomic mass is 16.4. The molecule has 10 heteroatoms. The summed E-state index contributed by atoms with van der Waals surface area (Å²) in [5.41, 5.74) is -2.74. The van der Waals surface area contributed by atoms with E-state index in [1.807, 2.05) is 0 Å². The van der Waals surface area contributed by atoms with E-state index in [2.05, 4.69) is 77.0 Å². The number of carbonyl (C=O) groups is 3. The zero-order valence-corrected chi connectivity index (χ0v) is 35.9. The highest BCUT2D eigenvalue weighted by molar-refractivity contribution is 5.88. The molecule has 0 saturated carbocycles. The largest absolute Gasteiger partial charge is 0.481 e. The lowest BCUT2D eigenvalue weighted by atomic mass is 9.96. The Morgan fingerprint density at radius 2 is 0.519 bits per heavy atom. The Bertz CT molecular complexity index is 640. The molecule has 0 radical (unpaired) electrons. The van der Waals surface area contributed by atoms with E-state index in [0.717, 1.165) is 0 Å². The molecular weight excluding hydrogens is 658 g/mol. The first-order valence-corrected chi connectivity index (χ1v) is 21.4. The lowest BCUT2D eigenvalue weighted by Crippen LogP contribution is -2.42. The van der Waals surface area contributed by atoms with Gasteiger partial charge >= 0.3 is 17.9 Å². The fourth-order valence-electron chi connectivity index (χ4n) is 5.16. The van der Waals surface area contributed by atoms with Gasteiger partial charge in [-0.2, -0.15) is 0 Å². The van der Waals surface area contributed by atoms with Crippen molar-refractivity contribution in [2.75, 3.05) is 58.9 Å². The Kier molecular flexibility index (Phi) is 47.8. The first-order chi connectivity index (χ1) is 24.8. The number of hydrogen-bond acceptors (Lipinski definition) is 7. The van der Waals surface area contributed by atoms with Crippen molar-refractivity contribution in [1.82, 2.24) is 14.7 Å². The molecule has 52 heavy (non-hydrogen) atoms. The van der Waals surface area contributed by atoms with Gasteiger partial charge in [-0.15, -0.1) is 0 Å². The average Bonchev–Trinajstić information content (AvgIpc) is 3.10. The lowest BCUT2D eigenvalue weighted by Gasteiger charge is -2.21. The van der Waals surface area contributed by atoms with Crippen molar-refractivity contribution >= 4 is 17.9 Å². The molecule has 0 rings (SSSR count). The van der Waals surface area contributed by atoms with E-state index in [9.17, 15) is 14.4 Å². The Hall–Kier alpha value is -1.75. The second-order valence-corrected chi connectivity index (χ2v) is 14.2. The molecule has 0 aromatic carbocycles. The van der Waals surface area contributed by atoms with E-state index in [0.29, 0.717) is 0 Å². The molecule has 0 aromatic rings. The Morgan fingerprint density at radius 1 is 0.365 bits per heavy atom. The quantitative estimate of drug-likeness (QED) is 0.0525. The van der Waals surface area contributed by atoms with Gasteiger partial charge in [-0.3, -0.25) is 9.59 Å². The summed E-state index contributed by atoms with van der Waals surface area (Å²) in [5.74, 6) is -5.02. The predicted molar refractivity (Wildman–Crippen MR) is 221 cm³/mol. The highest BCUT2D eigenvalue weighted by Crippen LogP contribution is 2.15. The zero-order chi connectivity index (χ0) is 40.5. The topological polar surface area (TPSA) is 142 Å². The van der Waals surface area contributed by atoms with Crippen LogP contribution in [-0.2, 0) is 14.4 Å². The molecule has 0 heterocycles.